The quantitative estimate of drug-likeness (QED) is 0.516. The maximum Gasteiger partial charge on any atom is 0.106 e. The fraction of sp³-hybridized carbons (Fsp3) is 0.500. The van der Waals surface area contributed by atoms with Gasteiger partial charge in [-0.3, -0.25) is 0 Å². The Kier molecular flexibility index (Phi) is 7.28. The molecule has 1 saturated heterocycles. The molecule has 0 aromatic heterocycles. The van der Waals surface area contributed by atoms with Crippen molar-refractivity contribution >= 4 is 0 Å². The number of hydrogen-bond donors (Lipinski definition) is 0. The first-order valence-electron chi connectivity index (χ1n) is 10.2. The molecule has 0 amide bonds. The van der Waals surface area contributed by atoms with Gasteiger partial charge in [-0.25, -0.2) is 0 Å². The van der Waals surface area contributed by atoms with Crippen LogP contribution in [-0.4, -0.2) is 19.3 Å². The van der Waals surface area contributed by atoms with Crippen LogP contribution in [0.25, 0.3) is 11.1 Å². The lowest BCUT2D eigenvalue weighted by molar-refractivity contribution is -0.137. The molecule has 0 saturated carbocycles. The van der Waals surface area contributed by atoms with E-state index in [0.29, 0.717) is 6.61 Å². The van der Waals surface area contributed by atoms with Crippen molar-refractivity contribution in [2.75, 3.05) is 13.2 Å². The first-order chi connectivity index (χ1) is 12.8. The van der Waals surface area contributed by atoms with Gasteiger partial charge in [0.05, 0.1) is 19.3 Å². The van der Waals surface area contributed by atoms with Gasteiger partial charge in [0, 0.05) is 0 Å². The molecule has 0 N–H and O–H groups in total. The average molecular weight is 353 g/mol. The zero-order chi connectivity index (χ0) is 18.2. The summed E-state index contributed by atoms with van der Waals surface area (Å²) >= 11 is 0. The number of ether oxygens (including phenoxy) is 2. The van der Waals surface area contributed by atoms with E-state index < -0.39 is 0 Å². The van der Waals surface area contributed by atoms with Crippen LogP contribution in [-0.2, 0) is 15.9 Å². The highest BCUT2D eigenvalue weighted by molar-refractivity contribution is 5.64. The van der Waals surface area contributed by atoms with E-state index in [0.717, 1.165) is 19.4 Å². The van der Waals surface area contributed by atoms with Gasteiger partial charge in [0.2, 0.25) is 0 Å². The molecule has 0 radical (unpaired) electrons. The van der Waals surface area contributed by atoms with Crippen molar-refractivity contribution in [2.45, 2.75) is 64.6 Å². The molecule has 3 rings (SSSR count). The van der Waals surface area contributed by atoms with Gasteiger partial charge in [0.15, 0.2) is 0 Å². The van der Waals surface area contributed by atoms with Crippen molar-refractivity contribution in [2.24, 2.45) is 0 Å². The first-order valence-corrected chi connectivity index (χ1v) is 10.2. The monoisotopic (exact) mass is 352 g/mol. The summed E-state index contributed by atoms with van der Waals surface area (Å²) in [6, 6.07) is 17.7. The summed E-state index contributed by atoms with van der Waals surface area (Å²) in [6.45, 7) is 5.84. The first kappa shape index (κ1) is 19.1. The highest BCUT2D eigenvalue weighted by atomic mass is 16.6. The molecule has 2 heteroatoms. The van der Waals surface area contributed by atoms with Crippen molar-refractivity contribution < 1.29 is 9.47 Å². The average Bonchev–Trinajstić information content (AvgIpc) is 2.70. The van der Waals surface area contributed by atoms with Crippen LogP contribution in [0.5, 0.6) is 0 Å². The molecule has 2 unspecified atom stereocenters. The predicted octanol–water partition coefficient (Wildman–Crippen LogP) is 6.34. The summed E-state index contributed by atoms with van der Waals surface area (Å²) in [5.74, 6) is 0. The van der Waals surface area contributed by atoms with Crippen molar-refractivity contribution in [1.82, 2.24) is 0 Å². The van der Waals surface area contributed by atoms with Crippen molar-refractivity contribution in [3.05, 3.63) is 59.7 Å². The summed E-state index contributed by atoms with van der Waals surface area (Å²) in [4.78, 5) is 0. The van der Waals surface area contributed by atoms with E-state index in [4.69, 9.17) is 9.47 Å². The molecule has 2 aromatic rings. The van der Waals surface area contributed by atoms with Crippen molar-refractivity contribution in [1.29, 1.82) is 0 Å². The third-order valence-electron chi connectivity index (χ3n) is 5.20. The summed E-state index contributed by atoms with van der Waals surface area (Å²) in [7, 11) is 0. The van der Waals surface area contributed by atoms with E-state index in [2.05, 4.69) is 62.4 Å². The number of rotatable bonds is 8. The van der Waals surface area contributed by atoms with Crippen LogP contribution in [0.2, 0.25) is 0 Å². The molecule has 1 aliphatic rings. The Bertz CT molecular complexity index is 637. The second-order valence-corrected chi connectivity index (χ2v) is 7.34. The Morgan fingerprint density at radius 2 is 1.46 bits per heavy atom. The molecule has 2 atom stereocenters. The van der Waals surface area contributed by atoms with E-state index in [9.17, 15) is 0 Å². The number of benzene rings is 2. The van der Waals surface area contributed by atoms with Crippen LogP contribution < -0.4 is 0 Å². The Morgan fingerprint density at radius 3 is 2.04 bits per heavy atom. The summed E-state index contributed by atoms with van der Waals surface area (Å²) in [5.41, 5.74) is 5.15. The second-order valence-electron chi connectivity index (χ2n) is 7.34. The molecule has 2 nitrogen and oxygen atoms in total. The van der Waals surface area contributed by atoms with Gasteiger partial charge in [0.1, 0.15) is 6.10 Å². The van der Waals surface area contributed by atoms with Crippen LogP contribution in [0.15, 0.2) is 48.5 Å². The highest BCUT2D eigenvalue weighted by Gasteiger charge is 2.23. The van der Waals surface area contributed by atoms with Crippen LogP contribution in [0.1, 0.15) is 63.2 Å². The second kappa shape index (κ2) is 9.89. The van der Waals surface area contributed by atoms with Gasteiger partial charge >= 0.3 is 0 Å². The number of aryl methyl sites for hydroxylation is 1. The van der Waals surface area contributed by atoms with Crippen LogP contribution in [0, 0.1) is 0 Å². The van der Waals surface area contributed by atoms with Crippen molar-refractivity contribution in [3.8, 4) is 11.1 Å². The Balaban J connectivity index is 1.55. The van der Waals surface area contributed by atoms with Crippen LogP contribution >= 0.6 is 0 Å². The molecule has 1 aliphatic heterocycles. The molecular formula is C24H32O2. The zero-order valence-corrected chi connectivity index (χ0v) is 16.2. The molecule has 1 heterocycles. The number of hydrogen-bond acceptors (Lipinski definition) is 2. The predicted molar refractivity (Wildman–Crippen MR) is 108 cm³/mol. The third kappa shape index (κ3) is 5.18. The topological polar surface area (TPSA) is 18.5 Å². The lowest BCUT2D eigenvalue weighted by atomic mass is 9.99. The van der Waals surface area contributed by atoms with Gasteiger partial charge < -0.3 is 9.47 Å². The summed E-state index contributed by atoms with van der Waals surface area (Å²) in [5, 5.41) is 0. The number of unbranched alkanes of at least 4 members (excludes halogenated alkanes) is 2. The van der Waals surface area contributed by atoms with Gasteiger partial charge in [-0.1, -0.05) is 88.1 Å². The lowest BCUT2D eigenvalue weighted by Crippen LogP contribution is -2.31. The minimum absolute atomic E-state index is 0.0680. The molecule has 2 aromatic carbocycles. The molecule has 26 heavy (non-hydrogen) atoms. The van der Waals surface area contributed by atoms with E-state index >= 15 is 0 Å². The molecule has 1 fully saturated rings. The lowest BCUT2D eigenvalue weighted by Gasteiger charge is -2.30. The van der Waals surface area contributed by atoms with Gasteiger partial charge in [-0.15, -0.1) is 0 Å². The zero-order valence-electron chi connectivity index (χ0n) is 16.2. The van der Waals surface area contributed by atoms with Gasteiger partial charge in [-0.05, 0) is 35.1 Å². The Labute approximate surface area is 158 Å². The molecule has 0 spiro atoms. The van der Waals surface area contributed by atoms with Gasteiger partial charge in [-0.2, -0.15) is 0 Å². The van der Waals surface area contributed by atoms with E-state index in [1.807, 2.05) is 0 Å². The van der Waals surface area contributed by atoms with Crippen molar-refractivity contribution in [3.63, 3.8) is 0 Å². The van der Waals surface area contributed by atoms with E-state index in [1.165, 1.54) is 47.9 Å². The minimum atomic E-state index is 0.0680. The SMILES string of the molecule is CCCCCC1COC(c2ccc(-c3ccc(CCC)cc3)cc2)CO1. The molecule has 0 aliphatic carbocycles. The highest BCUT2D eigenvalue weighted by Crippen LogP contribution is 2.27. The molecule has 0 bridgehead atoms. The molecule has 140 valence electrons. The smallest absolute Gasteiger partial charge is 0.106 e. The Morgan fingerprint density at radius 1 is 0.769 bits per heavy atom. The van der Waals surface area contributed by atoms with E-state index in [-0.39, 0.29) is 12.2 Å². The maximum absolute atomic E-state index is 6.07. The summed E-state index contributed by atoms with van der Waals surface area (Å²) < 4.78 is 12.1. The standard InChI is InChI=1S/C24H32O2/c1-3-5-6-8-23-17-26-24(18-25-23)22-15-13-21(14-16-22)20-11-9-19(7-4-2)10-12-20/h9-16,23-24H,3-8,17-18H2,1-2H3. The minimum Gasteiger partial charge on any atom is -0.373 e. The Hall–Kier alpha value is -1.64. The third-order valence-corrected chi connectivity index (χ3v) is 5.20. The van der Waals surface area contributed by atoms with Crippen LogP contribution in [0.3, 0.4) is 0 Å². The van der Waals surface area contributed by atoms with E-state index in [1.54, 1.807) is 0 Å². The molecular weight excluding hydrogens is 320 g/mol. The van der Waals surface area contributed by atoms with Crippen LogP contribution in [0.4, 0.5) is 0 Å². The normalized spacial score (nSPS) is 20.2. The maximum atomic E-state index is 6.07. The summed E-state index contributed by atoms with van der Waals surface area (Å²) in [6.07, 6.45) is 7.58. The fourth-order valence-electron chi connectivity index (χ4n) is 3.57. The van der Waals surface area contributed by atoms with Gasteiger partial charge in [0.25, 0.3) is 0 Å². The fourth-order valence-corrected chi connectivity index (χ4v) is 3.57. The largest absolute Gasteiger partial charge is 0.373 e.